The van der Waals surface area contributed by atoms with Gasteiger partial charge in [0.05, 0.1) is 0 Å². The van der Waals surface area contributed by atoms with Crippen LogP contribution in [-0.4, -0.2) is 0 Å². The maximum atomic E-state index is 2.28. The molecule has 0 fully saturated rings. The van der Waals surface area contributed by atoms with Crippen molar-refractivity contribution in [1.82, 2.24) is 0 Å². The van der Waals surface area contributed by atoms with Gasteiger partial charge in [-0.25, -0.2) is 24.3 Å². The third-order valence-electron chi connectivity index (χ3n) is 1.24. The van der Waals surface area contributed by atoms with Gasteiger partial charge >= 0.3 is 17.1 Å². The molecule has 0 aromatic heterocycles. The van der Waals surface area contributed by atoms with Crippen molar-refractivity contribution < 1.29 is 17.1 Å². The first-order valence-corrected chi connectivity index (χ1v) is 5.69. The molecule has 0 saturated carbocycles. The zero-order valence-electron chi connectivity index (χ0n) is 6.73. The first-order chi connectivity index (χ1) is 5.79. The fourth-order valence-corrected chi connectivity index (χ4v) is 1.53. The molecule has 0 aliphatic heterocycles. The molecule has 0 N–H and O–H groups in total. The number of hydrogen-bond acceptors (Lipinski definition) is 0. The van der Waals surface area contributed by atoms with E-state index in [0.717, 1.165) is 0 Å². The van der Waals surface area contributed by atoms with E-state index in [0.29, 0.717) is 0 Å². The van der Waals surface area contributed by atoms with E-state index in [-0.39, 0.29) is 17.1 Å². The molecule has 2 aromatic carbocycles. The van der Waals surface area contributed by atoms with Crippen LogP contribution in [0.2, 0.25) is 0 Å². The van der Waals surface area contributed by atoms with Gasteiger partial charge in [-0.3, -0.25) is 0 Å². The maximum absolute atomic E-state index is 2.28. The van der Waals surface area contributed by atoms with E-state index in [9.17, 15) is 0 Å². The minimum absolute atomic E-state index is 0. The van der Waals surface area contributed by atoms with E-state index in [1.165, 1.54) is 7.14 Å². The molecule has 0 bridgehead atoms. The summed E-state index contributed by atoms with van der Waals surface area (Å²) in [6.07, 6.45) is 0. The second-order valence-electron chi connectivity index (χ2n) is 2.21. The normalized spacial score (nSPS) is 8.15. The molecule has 0 radical (unpaired) electrons. The second-order valence-corrected chi connectivity index (χ2v) is 4.70. The zero-order chi connectivity index (χ0) is 8.81. The van der Waals surface area contributed by atoms with Crippen LogP contribution in [0.3, 0.4) is 0 Å². The van der Waals surface area contributed by atoms with Crippen LogP contribution in [0.1, 0.15) is 0 Å². The summed E-state index contributed by atoms with van der Waals surface area (Å²) in [5.74, 6) is 0. The van der Waals surface area contributed by atoms with Crippen LogP contribution in [0.4, 0.5) is 0 Å². The summed E-state index contributed by atoms with van der Waals surface area (Å²) in [5.41, 5.74) is 0. The van der Waals surface area contributed by atoms with Gasteiger partial charge in [-0.15, -0.1) is 45.2 Å². The van der Waals surface area contributed by atoms with Gasteiger partial charge in [-0.1, -0.05) is 7.14 Å². The number of rotatable bonds is 0. The molecule has 3 heteroatoms. The standard InChI is InChI=1S/2C5H4I.Fe/c2*6-5-3-1-2-4-5;/h2*1-4H;/q2*-1;+2. The Kier molecular flexibility index (Phi) is 8.45. The van der Waals surface area contributed by atoms with E-state index < -0.39 is 0 Å². The summed E-state index contributed by atoms with van der Waals surface area (Å²) in [5, 5.41) is 0. The average molecular weight is 438 g/mol. The first-order valence-electron chi connectivity index (χ1n) is 3.53. The van der Waals surface area contributed by atoms with Crippen molar-refractivity contribution in [1.29, 1.82) is 0 Å². The fraction of sp³-hybridized carbons (Fsp3) is 0. The Morgan fingerprint density at radius 2 is 0.846 bits per heavy atom. The summed E-state index contributed by atoms with van der Waals surface area (Å²) >= 11 is 4.55. The Bertz CT molecular complexity index is 252. The predicted octanol–water partition coefficient (Wildman–Crippen LogP) is 4.02. The SMILES string of the molecule is I[c-]1cccc1.I[c-]1cccc1.[Fe+2]. The molecule has 0 saturated heterocycles. The Balaban J connectivity index is 0.000000206. The molecule has 2 rings (SSSR count). The Hall–Kier alpha value is 0.679. The Morgan fingerprint density at radius 1 is 0.615 bits per heavy atom. The van der Waals surface area contributed by atoms with Crippen molar-refractivity contribution in [3.63, 3.8) is 0 Å². The minimum atomic E-state index is 0. The molecular weight excluding hydrogens is 430 g/mol. The molecule has 13 heavy (non-hydrogen) atoms. The van der Waals surface area contributed by atoms with Crippen LogP contribution in [0.15, 0.2) is 48.5 Å². The van der Waals surface area contributed by atoms with Crippen LogP contribution in [0.25, 0.3) is 0 Å². The molecule has 0 aliphatic carbocycles. The Labute approximate surface area is 117 Å². The topological polar surface area (TPSA) is 0 Å². The van der Waals surface area contributed by atoms with Gasteiger partial charge in [0.1, 0.15) is 0 Å². The molecule has 0 amide bonds. The Morgan fingerprint density at radius 3 is 0.923 bits per heavy atom. The molecule has 0 aliphatic rings. The van der Waals surface area contributed by atoms with Gasteiger partial charge < -0.3 is 0 Å². The van der Waals surface area contributed by atoms with Gasteiger partial charge in [0.2, 0.25) is 0 Å². The minimum Gasteiger partial charge on any atom is -0.213 e. The van der Waals surface area contributed by atoms with Gasteiger partial charge in [0, 0.05) is 0 Å². The predicted molar refractivity (Wildman–Crippen MR) is 69.5 cm³/mol. The van der Waals surface area contributed by atoms with Crippen molar-refractivity contribution >= 4 is 45.2 Å². The van der Waals surface area contributed by atoms with Crippen molar-refractivity contribution in [2.24, 2.45) is 0 Å². The molecule has 2 aromatic rings. The molecular formula is C10H8FeI2. The van der Waals surface area contributed by atoms with E-state index in [1.54, 1.807) is 0 Å². The largest absolute Gasteiger partial charge is 2.00 e. The summed E-state index contributed by atoms with van der Waals surface area (Å²) < 4.78 is 2.63. The third kappa shape index (κ3) is 6.71. The molecule has 0 atom stereocenters. The van der Waals surface area contributed by atoms with Crippen LogP contribution in [-0.2, 0) is 17.1 Å². The average Bonchev–Trinajstić information content (AvgIpc) is 2.63. The van der Waals surface area contributed by atoms with Crippen LogP contribution >= 0.6 is 45.2 Å². The van der Waals surface area contributed by atoms with Crippen LogP contribution < -0.4 is 0 Å². The van der Waals surface area contributed by atoms with Crippen LogP contribution in [0, 0.1) is 7.14 Å². The van der Waals surface area contributed by atoms with Crippen molar-refractivity contribution in [3.05, 3.63) is 55.7 Å². The van der Waals surface area contributed by atoms with E-state index >= 15 is 0 Å². The number of halogens is 2. The maximum Gasteiger partial charge on any atom is 2.00 e. The quantitative estimate of drug-likeness (QED) is 0.332. The molecule has 0 spiro atoms. The number of hydrogen-bond donors (Lipinski definition) is 0. The zero-order valence-corrected chi connectivity index (χ0v) is 12.1. The van der Waals surface area contributed by atoms with E-state index in [4.69, 9.17) is 0 Å². The molecule has 0 heterocycles. The second kappa shape index (κ2) is 8.03. The smallest absolute Gasteiger partial charge is 0.213 e. The van der Waals surface area contributed by atoms with Gasteiger partial charge in [-0.05, 0) is 0 Å². The summed E-state index contributed by atoms with van der Waals surface area (Å²) in [6.45, 7) is 0. The first kappa shape index (κ1) is 13.7. The van der Waals surface area contributed by atoms with Crippen molar-refractivity contribution in [3.8, 4) is 0 Å². The van der Waals surface area contributed by atoms with Gasteiger partial charge in [0.25, 0.3) is 0 Å². The van der Waals surface area contributed by atoms with E-state index in [2.05, 4.69) is 69.4 Å². The van der Waals surface area contributed by atoms with Crippen molar-refractivity contribution in [2.75, 3.05) is 0 Å². The summed E-state index contributed by atoms with van der Waals surface area (Å²) in [6, 6.07) is 16.4. The molecule has 70 valence electrons. The fourth-order valence-electron chi connectivity index (χ4n) is 0.701. The molecule has 0 nitrogen and oxygen atoms in total. The summed E-state index contributed by atoms with van der Waals surface area (Å²) in [7, 11) is 0. The van der Waals surface area contributed by atoms with Gasteiger partial charge in [-0.2, -0.15) is 24.3 Å². The van der Waals surface area contributed by atoms with Gasteiger partial charge in [0.15, 0.2) is 0 Å². The van der Waals surface area contributed by atoms with Crippen molar-refractivity contribution in [2.45, 2.75) is 0 Å². The molecule has 0 unspecified atom stereocenters. The summed E-state index contributed by atoms with van der Waals surface area (Å²) in [4.78, 5) is 0. The van der Waals surface area contributed by atoms with E-state index in [1.807, 2.05) is 24.3 Å². The monoisotopic (exact) mass is 438 g/mol. The third-order valence-corrected chi connectivity index (χ3v) is 2.68. The van der Waals surface area contributed by atoms with Crippen LogP contribution in [0.5, 0.6) is 0 Å².